The molecule has 1 fully saturated rings. The minimum absolute atomic E-state index is 0.104. The zero-order chi connectivity index (χ0) is 14.7. The summed E-state index contributed by atoms with van der Waals surface area (Å²) in [4.78, 5) is 18.9. The van der Waals surface area contributed by atoms with E-state index in [4.69, 9.17) is 0 Å². The normalized spacial score (nSPS) is 19.2. The third-order valence-electron chi connectivity index (χ3n) is 4.26. The van der Waals surface area contributed by atoms with Gasteiger partial charge < -0.3 is 10.2 Å². The van der Waals surface area contributed by atoms with E-state index in [-0.39, 0.29) is 5.91 Å². The molecule has 0 bridgehead atoms. The van der Waals surface area contributed by atoms with Gasteiger partial charge in [-0.05, 0) is 56.6 Å². The molecule has 110 valence electrons. The average Bonchev–Trinajstić information content (AvgIpc) is 2.82. The molecule has 21 heavy (non-hydrogen) atoms. The number of rotatable bonds is 2. The molecule has 0 aliphatic carbocycles. The molecule has 3 rings (SSSR count). The smallest absolute Gasteiger partial charge is 0.253 e. The lowest BCUT2D eigenvalue weighted by atomic mass is 10.1. The molecule has 0 spiro atoms. The molecule has 1 aromatic heterocycles. The number of pyridine rings is 1. The fourth-order valence-corrected chi connectivity index (χ4v) is 2.97. The lowest BCUT2D eigenvalue weighted by Crippen LogP contribution is -2.37. The Bertz CT molecular complexity index is 633. The Hall–Kier alpha value is -1.94. The number of carbonyl (C=O) groups is 1. The Morgan fingerprint density at radius 3 is 3.10 bits per heavy atom. The van der Waals surface area contributed by atoms with Gasteiger partial charge in [0.05, 0.1) is 5.52 Å². The average molecular weight is 283 g/mol. The van der Waals surface area contributed by atoms with Gasteiger partial charge in [-0.15, -0.1) is 0 Å². The SMILES string of the molecule is CN(C(=O)c1ccc2ncccc2c1)C1CCCNCC1. The van der Waals surface area contributed by atoms with Crippen LogP contribution in [-0.2, 0) is 0 Å². The van der Waals surface area contributed by atoms with Crippen LogP contribution in [-0.4, -0.2) is 42.0 Å². The van der Waals surface area contributed by atoms with Crippen molar-refractivity contribution >= 4 is 16.8 Å². The van der Waals surface area contributed by atoms with Crippen LogP contribution in [0.15, 0.2) is 36.5 Å². The fourth-order valence-electron chi connectivity index (χ4n) is 2.97. The zero-order valence-corrected chi connectivity index (χ0v) is 12.4. The van der Waals surface area contributed by atoms with Crippen LogP contribution in [0.25, 0.3) is 10.9 Å². The molecular weight excluding hydrogens is 262 g/mol. The summed E-state index contributed by atoms with van der Waals surface area (Å²) < 4.78 is 0. The van der Waals surface area contributed by atoms with Gasteiger partial charge in [-0.2, -0.15) is 0 Å². The van der Waals surface area contributed by atoms with Crippen LogP contribution < -0.4 is 5.32 Å². The van der Waals surface area contributed by atoms with Gasteiger partial charge in [-0.25, -0.2) is 0 Å². The second-order valence-corrected chi connectivity index (χ2v) is 5.66. The van der Waals surface area contributed by atoms with Gasteiger partial charge in [-0.1, -0.05) is 6.07 Å². The summed E-state index contributed by atoms with van der Waals surface area (Å²) in [5.41, 5.74) is 1.67. The quantitative estimate of drug-likeness (QED) is 0.921. The molecule has 2 aromatic rings. The highest BCUT2D eigenvalue weighted by atomic mass is 16.2. The lowest BCUT2D eigenvalue weighted by molar-refractivity contribution is 0.0720. The van der Waals surface area contributed by atoms with E-state index in [9.17, 15) is 4.79 Å². The van der Waals surface area contributed by atoms with Crippen molar-refractivity contribution in [3.63, 3.8) is 0 Å². The molecule has 0 radical (unpaired) electrons. The first kappa shape index (κ1) is 14.0. The van der Waals surface area contributed by atoms with Crippen LogP contribution in [0, 0.1) is 0 Å². The standard InChI is InChI=1S/C17H21N3O/c1-20(15-5-3-9-18-11-8-15)17(21)14-6-7-16-13(12-14)4-2-10-19-16/h2,4,6-7,10,12,15,18H,3,5,8-9,11H2,1H3. The predicted molar refractivity (Wildman–Crippen MR) is 84.3 cm³/mol. The Morgan fingerprint density at radius 1 is 1.29 bits per heavy atom. The second kappa shape index (κ2) is 6.22. The minimum atomic E-state index is 0.104. The molecule has 4 heteroatoms. The van der Waals surface area contributed by atoms with E-state index < -0.39 is 0 Å². The van der Waals surface area contributed by atoms with Crippen LogP contribution in [0.1, 0.15) is 29.6 Å². The van der Waals surface area contributed by atoms with Crippen molar-refractivity contribution in [2.75, 3.05) is 20.1 Å². The van der Waals surface area contributed by atoms with Crippen LogP contribution in [0.5, 0.6) is 0 Å². The van der Waals surface area contributed by atoms with E-state index in [0.29, 0.717) is 6.04 Å². The largest absolute Gasteiger partial charge is 0.339 e. The van der Waals surface area contributed by atoms with E-state index >= 15 is 0 Å². The number of hydrogen-bond acceptors (Lipinski definition) is 3. The first-order chi connectivity index (χ1) is 10.3. The molecular formula is C17H21N3O. The van der Waals surface area contributed by atoms with Crippen LogP contribution in [0.2, 0.25) is 0 Å². The van der Waals surface area contributed by atoms with Gasteiger partial charge in [0.2, 0.25) is 0 Å². The third-order valence-corrected chi connectivity index (χ3v) is 4.26. The Morgan fingerprint density at radius 2 is 2.19 bits per heavy atom. The summed E-state index contributed by atoms with van der Waals surface area (Å²) in [7, 11) is 1.92. The van der Waals surface area contributed by atoms with E-state index in [1.165, 1.54) is 0 Å². The molecule has 2 heterocycles. The minimum Gasteiger partial charge on any atom is -0.339 e. The predicted octanol–water partition coefficient (Wildman–Crippen LogP) is 2.45. The molecule has 0 saturated carbocycles. The monoisotopic (exact) mass is 283 g/mol. The molecule has 1 aromatic carbocycles. The molecule has 4 nitrogen and oxygen atoms in total. The summed E-state index contributed by atoms with van der Waals surface area (Å²) in [6, 6.07) is 9.97. The Balaban J connectivity index is 1.81. The van der Waals surface area contributed by atoms with Crippen molar-refractivity contribution in [2.24, 2.45) is 0 Å². The van der Waals surface area contributed by atoms with Gasteiger partial charge in [-0.3, -0.25) is 9.78 Å². The maximum absolute atomic E-state index is 12.7. The highest BCUT2D eigenvalue weighted by Gasteiger charge is 2.22. The molecule has 1 amide bonds. The van der Waals surface area contributed by atoms with Crippen molar-refractivity contribution in [2.45, 2.75) is 25.3 Å². The number of amides is 1. The van der Waals surface area contributed by atoms with Gasteiger partial charge in [0.25, 0.3) is 5.91 Å². The molecule has 1 N–H and O–H groups in total. The summed E-state index contributed by atoms with van der Waals surface area (Å²) in [5, 5.41) is 4.40. The summed E-state index contributed by atoms with van der Waals surface area (Å²) in [5.74, 6) is 0.104. The number of aromatic nitrogens is 1. The van der Waals surface area contributed by atoms with Crippen LogP contribution >= 0.6 is 0 Å². The molecule has 1 saturated heterocycles. The first-order valence-corrected chi connectivity index (χ1v) is 7.58. The fraction of sp³-hybridized carbons (Fsp3) is 0.412. The molecule has 1 unspecified atom stereocenters. The van der Waals surface area contributed by atoms with Crippen LogP contribution in [0.4, 0.5) is 0 Å². The van der Waals surface area contributed by atoms with Crippen molar-refractivity contribution in [3.8, 4) is 0 Å². The molecule has 1 aliphatic rings. The number of hydrogen-bond donors (Lipinski definition) is 1. The number of nitrogens with zero attached hydrogens (tertiary/aromatic N) is 2. The first-order valence-electron chi connectivity index (χ1n) is 7.58. The Kier molecular flexibility index (Phi) is 4.15. The van der Waals surface area contributed by atoms with Gasteiger partial charge in [0.1, 0.15) is 0 Å². The second-order valence-electron chi connectivity index (χ2n) is 5.66. The van der Waals surface area contributed by atoms with Crippen molar-refractivity contribution < 1.29 is 4.79 Å². The highest BCUT2D eigenvalue weighted by Crippen LogP contribution is 2.18. The Labute approximate surface area is 125 Å². The summed E-state index contributed by atoms with van der Waals surface area (Å²) in [6.07, 6.45) is 5.00. The number of fused-ring (bicyclic) bond motifs is 1. The molecule has 1 atom stereocenters. The maximum atomic E-state index is 12.7. The number of benzene rings is 1. The van der Waals surface area contributed by atoms with Gasteiger partial charge in [0.15, 0.2) is 0 Å². The number of nitrogens with one attached hydrogen (secondary N) is 1. The van der Waals surface area contributed by atoms with Crippen molar-refractivity contribution in [3.05, 3.63) is 42.1 Å². The topological polar surface area (TPSA) is 45.2 Å². The van der Waals surface area contributed by atoms with Gasteiger partial charge >= 0.3 is 0 Å². The summed E-state index contributed by atoms with van der Waals surface area (Å²) >= 11 is 0. The third kappa shape index (κ3) is 3.05. The maximum Gasteiger partial charge on any atom is 0.253 e. The lowest BCUT2D eigenvalue weighted by Gasteiger charge is -2.27. The number of carbonyl (C=O) groups excluding carboxylic acids is 1. The van der Waals surface area contributed by atoms with Crippen molar-refractivity contribution in [1.29, 1.82) is 0 Å². The highest BCUT2D eigenvalue weighted by molar-refractivity contribution is 5.97. The van der Waals surface area contributed by atoms with Crippen LogP contribution in [0.3, 0.4) is 0 Å². The van der Waals surface area contributed by atoms with E-state index in [1.807, 2.05) is 42.3 Å². The van der Waals surface area contributed by atoms with Gasteiger partial charge in [0, 0.05) is 30.2 Å². The van der Waals surface area contributed by atoms with E-state index in [2.05, 4.69) is 10.3 Å². The zero-order valence-electron chi connectivity index (χ0n) is 12.4. The summed E-state index contributed by atoms with van der Waals surface area (Å²) in [6.45, 7) is 2.05. The molecule has 1 aliphatic heterocycles. The van der Waals surface area contributed by atoms with Crippen molar-refractivity contribution in [1.82, 2.24) is 15.2 Å². The van der Waals surface area contributed by atoms with E-state index in [0.717, 1.165) is 48.8 Å². The van der Waals surface area contributed by atoms with E-state index in [1.54, 1.807) is 6.20 Å².